The molecule has 1 fully saturated rings. The van der Waals surface area contributed by atoms with Crippen LogP contribution in [0.4, 0.5) is 0 Å². The molecular weight excluding hydrogens is 300 g/mol. The topological polar surface area (TPSA) is 50.4 Å². The van der Waals surface area contributed by atoms with Crippen molar-refractivity contribution in [1.82, 2.24) is 10.6 Å². The molecule has 22 heavy (non-hydrogen) atoms. The van der Waals surface area contributed by atoms with Gasteiger partial charge in [0.05, 0.1) is 6.04 Å². The molecule has 2 N–H and O–H groups in total. The Balaban J connectivity index is 0.00000242. The first-order valence-corrected chi connectivity index (χ1v) is 7.83. The number of carbonyl (C=O) groups excluding carboxylic acids is 1. The minimum Gasteiger partial charge on any atom is -0.371 e. The van der Waals surface area contributed by atoms with Gasteiger partial charge in [-0.05, 0) is 45.3 Å². The van der Waals surface area contributed by atoms with Crippen molar-refractivity contribution in [3.63, 3.8) is 0 Å². The molecule has 0 bridgehead atoms. The smallest absolute Gasteiger partial charge is 0.220 e. The zero-order valence-corrected chi connectivity index (χ0v) is 14.2. The summed E-state index contributed by atoms with van der Waals surface area (Å²) in [4.78, 5) is 12.0. The molecule has 1 heterocycles. The molecule has 5 heteroatoms. The Morgan fingerprint density at radius 3 is 2.73 bits per heavy atom. The number of benzene rings is 1. The highest BCUT2D eigenvalue weighted by atomic mass is 35.5. The van der Waals surface area contributed by atoms with E-state index in [-0.39, 0.29) is 30.5 Å². The Morgan fingerprint density at radius 1 is 1.32 bits per heavy atom. The lowest BCUT2D eigenvalue weighted by atomic mass is 9.95. The second kappa shape index (κ2) is 9.82. The predicted molar refractivity (Wildman–Crippen MR) is 91.4 cm³/mol. The molecule has 2 atom stereocenters. The van der Waals surface area contributed by atoms with Gasteiger partial charge in [0.25, 0.3) is 0 Å². The summed E-state index contributed by atoms with van der Waals surface area (Å²) in [6.45, 7) is 3.72. The highest BCUT2D eigenvalue weighted by Crippen LogP contribution is 2.28. The average Bonchev–Trinajstić information content (AvgIpc) is 2.49. The van der Waals surface area contributed by atoms with Crippen LogP contribution in [-0.4, -0.2) is 32.1 Å². The lowest BCUT2D eigenvalue weighted by molar-refractivity contribution is -0.124. The predicted octanol–water partition coefficient (Wildman–Crippen LogP) is 2.75. The Morgan fingerprint density at radius 2 is 2.05 bits per heavy atom. The third kappa shape index (κ3) is 5.59. The molecule has 0 aromatic heterocycles. The minimum absolute atomic E-state index is 0. The van der Waals surface area contributed by atoms with Crippen molar-refractivity contribution in [1.29, 1.82) is 0 Å². The normalized spacial score (nSPS) is 21.0. The molecular formula is C17H27ClN2O2. The highest BCUT2D eigenvalue weighted by molar-refractivity contribution is 5.85. The number of ether oxygens (including phenoxy) is 1. The molecule has 0 spiro atoms. The molecule has 0 saturated carbocycles. The van der Waals surface area contributed by atoms with Crippen LogP contribution in [0.15, 0.2) is 24.3 Å². The number of halogens is 1. The summed E-state index contributed by atoms with van der Waals surface area (Å²) in [5.41, 5.74) is 2.39. The Labute approximate surface area is 139 Å². The van der Waals surface area contributed by atoms with Crippen LogP contribution < -0.4 is 10.6 Å². The summed E-state index contributed by atoms with van der Waals surface area (Å²) in [5, 5.41) is 6.21. The minimum atomic E-state index is -0.0207. The molecule has 1 amide bonds. The van der Waals surface area contributed by atoms with Crippen LogP contribution in [0.2, 0.25) is 0 Å². The standard InChI is InChI=1S/C17H26N2O2.ClH/c1-13-7-9-14(10-8-13)17-15(5-4-12-21-17)19-16(20)6-3-11-18-2;/h7-10,15,17-18H,3-6,11-12H2,1-2H3,(H,19,20);1H. The number of carbonyl (C=O) groups is 1. The summed E-state index contributed by atoms with van der Waals surface area (Å²) in [6.07, 6.45) is 3.40. The Bertz CT molecular complexity index is 450. The maximum atomic E-state index is 12.0. The molecule has 0 aliphatic carbocycles. The van der Waals surface area contributed by atoms with Gasteiger partial charge < -0.3 is 15.4 Å². The molecule has 124 valence electrons. The van der Waals surface area contributed by atoms with Crippen molar-refractivity contribution in [2.75, 3.05) is 20.2 Å². The molecule has 1 aromatic rings. The molecule has 2 unspecified atom stereocenters. The monoisotopic (exact) mass is 326 g/mol. The van der Waals surface area contributed by atoms with Crippen molar-refractivity contribution in [3.8, 4) is 0 Å². The van der Waals surface area contributed by atoms with Crippen molar-refractivity contribution in [2.45, 2.75) is 44.8 Å². The van der Waals surface area contributed by atoms with Crippen molar-refractivity contribution in [3.05, 3.63) is 35.4 Å². The van der Waals surface area contributed by atoms with Crippen molar-refractivity contribution in [2.24, 2.45) is 0 Å². The summed E-state index contributed by atoms with van der Waals surface area (Å²) in [5.74, 6) is 0.123. The third-order valence-electron chi connectivity index (χ3n) is 3.91. The number of amides is 1. The van der Waals surface area contributed by atoms with E-state index >= 15 is 0 Å². The first-order valence-electron chi connectivity index (χ1n) is 7.83. The maximum Gasteiger partial charge on any atom is 0.220 e. The van der Waals surface area contributed by atoms with Gasteiger partial charge in [-0.15, -0.1) is 12.4 Å². The fourth-order valence-electron chi connectivity index (χ4n) is 2.72. The second-order valence-electron chi connectivity index (χ2n) is 5.73. The van der Waals surface area contributed by atoms with Crippen LogP contribution in [0.1, 0.15) is 42.9 Å². The number of aryl methyl sites for hydroxylation is 1. The summed E-state index contributed by atoms with van der Waals surface area (Å²) < 4.78 is 5.92. The highest BCUT2D eigenvalue weighted by Gasteiger charge is 2.28. The summed E-state index contributed by atoms with van der Waals surface area (Å²) >= 11 is 0. The molecule has 1 aromatic carbocycles. The molecule has 0 radical (unpaired) electrons. The van der Waals surface area contributed by atoms with Crippen LogP contribution in [0.5, 0.6) is 0 Å². The van der Waals surface area contributed by atoms with Gasteiger partial charge in [-0.1, -0.05) is 29.8 Å². The van der Waals surface area contributed by atoms with E-state index in [1.54, 1.807) is 0 Å². The van der Waals surface area contributed by atoms with Gasteiger partial charge in [0.15, 0.2) is 0 Å². The van der Waals surface area contributed by atoms with Gasteiger partial charge in [-0.2, -0.15) is 0 Å². The van der Waals surface area contributed by atoms with Crippen LogP contribution in [0.3, 0.4) is 0 Å². The Hall–Kier alpha value is -1.10. The van der Waals surface area contributed by atoms with E-state index in [0.29, 0.717) is 6.42 Å². The van der Waals surface area contributed by atoms with Crippen LogP contribution in [0, 0.1) is 6.92 Å². The number of hydrogen-bond acceptors (Lipinski definition) is 3. The van der Waals surface area contributed by atoms with Gasteiger partial charge in [0.1, 0.15) is 6.10 Å². The molecule has 1 saturated heterocycles. The molecule has 2 rings (SSSR count). The zero-order valence-electron chi connectivity index (χ0n) is 13.4. The largest absolute Gasteiger partial charge is 0.371 e. The summed E-state index contributed by atoms with van der Waals surface area (Å²) in [7, 11) is 1.90. The lowest BCUT2D eigenvalue weighted by Gasteiger charge is -2.32. The second-order valence-corrected chi connectivity index (χ2v) is 5.73. The van der Waals surface area contributed by atoms with E-state index in [9.17, 15) is 4.79 Å². The van der Waals surface area contributed by atoms with Gasteiger partial charge in [0.2, 0.25) is 5.91 Å². The van der Waals surface area contributed by atoms with Crippen LogP contribution in [-0.2, 0) is 9.53 Å². The molecule has 4 nitrogen and oxygen atoms in total. The number of hydrogen-bond donors (Lipinski definition) is 2. The van der Waals surface area contributed by atoms with Gasteiger partial charge in [-0.3, -0.25) is 4.79 Å². The Kier molecular flexibility index (Phi) is 8.46. The SMILES string of the molecule is CNCCCC(=O)NC1CCCOC1c1ccc(C)cc1.Cl. The molecule has 1 aliphatic rings. The van der Waals surface area contributed by atoms with Gasteiger partial charge >= 0.3 is 0 Å². The first-order chi connectivity index (χ1) is 10.2. The fraction of sp³-hybridized carbons (Fsp3) is 0.588. The maximum absolute atomic E-state index is 12.0. The lowest BCUT2D eigenvalue weighted by Crippen LogP contribution is -2.42. The van der Waals surface area contributed by atoms with Crippen molar-refractivity contribution < 1.29 is 9.53 Å². The van der Waals surface area contributed by atoms with Crippen LogP contribution in [0.25, 0.3) is 0 Å². The summed E-state index contributed by atoms with van der Waals surface area (Å²) in [6, 6.07) is 8.48. The molecule has 1 aliphatic heterocycles. The van der Waals surface area contributed by atoms with E-state index < -0.39 is 0 Å². The average molecular weight is 327 g/mol. The van der Waals surface area contributed by atoms with E-state index in [4.69, 9.17) is 4.74 Å². The third-order valence-corrected chi connectivity index (χ3v) is 3.91. The van der Waals surface area contributed by atoms with E-state index in [1.807, 2.05) is 7.05 Å². The zero-order chi connectivity index (χ0) is 15.1. The fourth-order valence-corrected chi connectivity index (χ4v) is 2.72. The number of nitrogens with one attached hydrogen (secondary N) is 2. The van der Waals surface area contributed by atoms with Gasteiger partial charge in [0, 0.05) is 13.0 Å². The quantitative estimate of drug-likeness (QED) is 0.790. The van der Waals surface area contributed by atoms with E-state index in [0.717, 1.165) is 38.0 Å². The number of rotatable bonds is 6. The first kappa shape index (κ1) is 18.9. The van der Waals surface area contributed by atoms with Crippen LogP contribution >= 0.6 is 12.4 Å². The van der Waals surface area contributed by atoms with Crippen molar-refractivity contribution >= 4 is 18.3 Å². The van der Waals surface area contributed by atoms with E-state index in [2.05, 4.69) is 41.8 Å². The van der Waals surface area contributed by atoms with Gasteiger partial charge in [-0.25, -0.2) is 0 Å². The van der Waals surface area contributed by atoms with E-state index in [1.165, 1.54) is 5.56 Å².